The van der Waals surface area contributed by atoms with Crippen LogP contribution in [0, 0.1) is 0 Å². The molecular formula is C15H15ClO3. The van der Waals surface area contributed by atoms with Crippen molar-refractivity contribution in [1.82, 2.24) is 0 Å². The Kier molecular flexibility index (Phi) is 3.23. The van der Waals surface area contributed by atoms with Crippen LogP contribution in [0.15, 0.2) is 21.3 Å². The maximum absolute atomic E-state index is 12.4. The van der Waals surface area contributed by atoms with Crippen LogP contribution in [0.5, 0.6) is 5.75 Å². The van der Waals surface area contributed by atoms with Crippen LogP contribution >= 0.6 is 11.6 Å². The van der Waals surface area contributed by atoms with Crippen molar-refractivity contribution in [3.8, 4) is 5.75 Å². The number of ether oxygens (including phenoxy) is 1. The first-order valence-electron chi connectivity index (χ1n) is 6.61. The predicted molar refractivity (Wildman–Crippen MR) is 75.3 cm³/mol. The predicted octanol–water partition coefficient (Wildman–Crippen LogP) is 3.72. The Morgan fingerprint density at radius 3 is 2.89 bits per heavy atom. The Morgan fingerprint density at radius 1 is 1.32 bits per heavy atom. The first kappa shape index (κ1) is 12.5. The van der Waals surface area contributed by atoms with Gasteiger partial charge in [0.2, 0.25) is 0 Å². The van der Waals surface area contributed by atoms with Crippen LogP contribution in [0.1, 0.15) is 31.1 Å². The van der Waals surface area contributed by atoms with Gasteiger partial charge in [-0.05, 0) is 32.3 Å². The van der Waals surface area contributed by atoms with Crippen LogP contribution < -0.4 is 10.2 Å². The fourth-order valence-electron chi connectivity index (χ4n) is 2.59. The third-order valence-corrected chi connectivity index (χ3v) is 3.80. The second-order valence-corrected chi connectivity index (χ2v) is 5.16. The van der Waals surface area contributed by atoms with Crippen LogP contribution in [-0.2, 0) is 12.8 Å². The molecule has 0 atom stereocenters. The van der Waals surface area contributed by atoms with E-state index in [1.807, 2.05) is 6.92 Å². The zero-order chi connectivity index (χ0) is 13.4. The number of rotatable bonds is 2. The van der Waals surface area contributed by atoms with Crippen LogP contribution in [0.2, 0.25) is 5.02 Å². The lowest BCUT2D eigenvalue weighted by atomic mass is 9.96. The lowest BCUT2D eigenvalue weighted by Gasteiger charge is -2.15. The Hall–Kier alpha value is -1.48. The van der Waals surface area contributed by atoms with Crippen molar-refractivity contribution in [2.24, 2.45) is 0 Å². The zero-order valence-electron chi connectivity index (χ0n) is 10.8. The molecule has 0 fully saturated rings. The smallest absolute Gasteiger partial charge is 0.196 e. The minimum absolute atomic E-state index is 0.0564. The normalized spacial score (nSPS) is 14.4. The molecule has 0 amide bonds. The summed E-state index contributed by atoms with van der Waals surface area (Å²) in [4.78, 5) is 12.4. The van der Waals surface area contributed by atoms with Gasteiger partial charge in [0.05, 0.1) is 17.0 Å². The number of hydrogen-bond donors (Lipinski definition) is 0. The molecule has 0 aliphatic heterocycles. The van der Waals surface area contributed by atoms with Crippen molar-refractivity contribution < 1.29 is 9.15 Å². The maximum Gasteiger partial charge on any atom is 0.196 e. The van der Waals surface area contributed by atoms with Crippen LogP contribution in [-0.4, -0.2) is 6.61 Å². The lowest BCUT2D eigenvalue weighted by molar-refractivity contribution is 0.340. The Labute approximate surface area is 116 Å². The molecule has 0 N–H and O–H groups in total. The molecule has 1 aliphatic rings. The van der Waals surface area contributed by atoms with E-state index in [-0.39, 0.29) is 5.43 Å². The van der Waals surface area contributed by atoms with E-state index in [0.717, 1.165) is 37.0 Å². The van der Waals surface area contributed by atoms with Crippen molar-refractivity contribution in [3.05, 3.63) is 38.7 Å². The molecule has 0 saturated carbocycles. The van der Waals surface area contributed by atoms with Gasteiger partial charge in [-0.3, -0.25) is 4.79 Å². The molecule has 4 heteroatoms. The van der Waals surface area contributed by atoms with Gasteiger partial charge >= 0.3 is 0 Å². The van der Waals surface area contributed by atoms with Gasteiger partial charge in [-0.15, -0.1) is 0 Å². The molecule has 0 spiro atoms. The van der Waals surface area contributed by atoms with Gasteiger partial charge in [-0.1, -0.05) is 11.6 Å². The summed E-state index contributed by atoms with van der Waals surface area (Å²) >= 11 is 6.13. The largest absolute Gasteiger partial charge is 0.492 e. The maximum atomic E-state index is 12.4. The molecule has 2 aromatic rings. The molecule has 3 rings (SSSR count). The molecule has 1 aromatic heterocycles. The highest BCUT2D eigenvalue weighted by Crippen LogP contribution is 2.31. The molecule has 19 heavy (non-hydrogen) atoms. The van der Waals surface area contributed by atoms with Gasteiger partial charge in [-0.25, -0.2) is 0 Å². The molecule has 1 heterocycles. The van der Waals surface area contributed by atoms with E-state index < -0.39 is 0 Å². The summed E-state index contributed by atoms with van der Waals surface area (Å²) in [5.41, 5.74) is 1.44. The number of fused-ring (bicyclic) bond motifs is 2. The summed E-state index contributed by atoms with van der Waals surface area (Å²) < 4.78 is 11.3. The van der Waals surface area contributed by atoms with Crippen LogP contribution in [0.4, 0.5) is 0 Å². The van der Waals surface area contributed by atoms with Gasteiger partial charge in [0, 0.05) is 18.1 Å². The van der Waals surface area contributed by atoms with E-state index >= 15 is 0 Å². The Bertz CT molecular complexity index is 688. The highest BCUT2D eigenvalue weighted by molar-refractivity contribution is 6.32. The van der Waals surface area contributed by atoms with Crippen molar-refractivity contribution in [2.75, 3.05) is 6.61 Å². The van der Waals surface area contributed by atoms with Gasteiger partial charge < -0.3 is 9.15 Å². The van der Waals surface area contributed by atoms with Gasteiger partial charge in [0.25, 0.3) is 0 Å². The SMILES string of the molecule is CCOc1cc2oc3c(c(=O)c2cc1Cl)CCCC3. The fraction of sp³-hybridized carbons (Fsp3) is 0.400. The van der Waals surface area contributed by atoms with Crippen molar-refractivity contribution in [1.29, 1.82) is 0 Å². The van der Waals surface area contributed by atoms with Crippen molar-refractivity contribution in [3.63, 3.8) is 0 Å². The van der Waals surface area contributed by atoms with E-state index in [2.05, 4.69) is 0 Å². The number of hydrogen-bond acceptors (Lipinski definition) is 3. The fourth-order valence-corrected chi connectivity index (χ4v) is 2.81. The third kappa shape index (κ3) is 2.12. The number of halogens is 1. The standard InChI is InChI=1S/C15H15ClO3/c1-2-18-14-8-13-10(7-11(14)16)15(17)9-5-3-4-6-12(9)19-13/h7-8H,2-6H2,1H3. The minimum Gasteiger partial charge on any atom is -0.492 e. The monoisotopic (exact) mass is 278 g/mol. The lowest BCUT2D eigenvalue weighted by Crippen LogP contribution is -2.16. The third-order valence-electron chi connectivity index (χ3n) is 3.50. The number of benzene rings is 1. The molecule has 1 aromatic carbocycles. The van der Waals surface area contributed by atoms with E-state index in [1.54, 1.807) is 12.1 Å². The van der Waals surface area contributed by atoms with E-state index in [9.17, 15) is 4.79 Å². The molecule has 100 valence electrons. The summed E-state index contributed by atoms with van der Waals surface area (Å²) in [6.45, 7) is 2.42. The molecule has 3 nitrogen and oxygen atoms in total. The molecule has 0 radical (unpaired) electrons. The van der Waals surface area contributed by atoms with Crippen LogP contribution in [0.3, 0.4) is 0 Å². The van der Waals surface area contributed by atoms with E-state index in [4.69, 9.17) is 20.8 Å². The Morgan fingerprint density at radius 2 is 2.11 bits per heavy atom. The second-order valence-electron chi connectivity index (χ2n) is 4.75. The van der Waals surface area contributed by atoms with Crippen LogP contribution in [0.25, 0.3) is 11.0 Å². The molecular weight excluding hydrogens is 264 g/mol. The quantitative estimate of drug-likeness (QED) is 0.840. The average Bonchev–Trinajstić information content (AvgIpc) is 2.41. The zero-order valence-corrected chi connectivity index (χ0v) is 11.5. The molecule has 1 aliphatic carbocycles. The second kappa shape index (κ2) is 4.89. The highest BCUT2D eigenvalue weighted by atomic mass is 35.5. The first-order valence-corrected chi connectivity index (χ1v) is 6.99. The minimum atomic E-state index is 0.0564. The summed E-state index contributed by atoms with van der Waals surface area (Å²) in [6, 6.07) is 3.38. The summed E-state index contributed by atoms with van der Waals surface area (Å²) in [6.07, 6.45) is 3.77. The summed E-state index contributed by atoms with van der Waals surface area (Å²) in [5, 5.41) is 1.01. The van der Waals surface area contributed by atoms with Gasteiger partial charge in [-0.2, -0.15) is 0 Å². The topological polar surface area (TPSA) is 39.4 Å². The van der Waals surface area contributed by atoms with Crippen molar-refractivity contribution in [2.45, 2.75) is 32.6 Å². The average molecular weight is 279 g/mol. The highest BCUT2D eigenvalue weighted by Gasteiger charge is 2.19. The van der Waals surface area contributed by atoms with Gasteiger partial charge in [0.1, 0.15) is 17.1 Å². The van der Waals surface area contributed by atoms with Gasteiger partial charge in [0.15, 0.2) is 5.43 Å². The molecule has 0 bridgehead atoms. The molecule has 0 saturated heterocycles. The van der Waals surface area contributed by atoms with E-state index in [1.165, 1.54) is 0 Å². The first-order chi connectivity index (χ1) is 9.20. The summed E-state index contributed by atoms with van der Waals surface area (Å²) in [7, 11) is 0. The molecule has 0 unspecified atom stereocenters. The van der Waals surface area contributed by atoms with Crippen molar-refractivity contribution >= 4 is 22.6 Å². The van der Waals surface area contributed by atoms with E-state index in [0.29, 0.717) is 28.3 Å². The number of aryl methyl sites for hydroxylation is 1. The Balaban J connectivity index is 2.27. The summed E-state index contributed by atoms with van der Waals surface area (Å²) in [5.74, 6) is 1.39.